The van der Waals surface area contributed by atoms with Crippen LogP contribution in [0.25, 0.3) is 5.69 Å². The first-order chi connectivity index (χ1) is 16.4. The van der Waals surface area contributed by atoms with E-state index in [1.807, 2.05) is 74.5 Å². The van der Waals surface area contributed by atoms with Gasteiger partial charge >= 0.3 is 6.09 Å². The average Bonchev–Trinajstić information content (AvgIpc) is 3.12. The molecule has 0 aliphatic carbocycles. The van der Waals surface area contributed by atoms with Gasteiger partial charge in [-0.05, 0) is 56.7 Å². The Morgan fingerprint density at radius 3 is 2.44 bits per heavy atom. The summed E-state index contributed by atoms with van der Waals surface area (Å²) in [5, 5.41) is 6.87. The Hall–Kier alpha value is -4.07. The van der Waals surface area contributed by atoms with Crippen LogP contribution in [0, 0.1) is 13.8 Å². The topological polar surface area (TPSA) is 94.0 Å². The Kier molecular flexibility index (Phi) is 8.45. The molecule has 2 amide bonds. The van der Waals surface area contributed by atoms with Crippen LogP contribution in [-0.4, -0.2) is 36.5 Å². The predicted molar refractivity (Wildman–Crippen MR) is 131 cm³/mol. The lowest BCUT2D eigenvalue weighted by atomic mass is 10.0. The molecular formula is C26H30N4O4. The maximum atomic E-state index is 12.6. The van der Waals surface area contributed by atoms with Crippen molar-refractivity contribution >= 4 is 18.2 Å². The second-order valence-corrected chi connectivity index (χ2v) is 7.69. The van der Waals surface area contributed by atoms with E-state index in [0.29, 0.717) is 0 Å². The third-order valence-corrected chi connectivity index (χ3v) is 5.35. The van der Waals surface area contributed by atoms with Gasteiger partial charge in [0.05, 0.1) is 32.4 Å². The SMILES string of the molecule is CCOC(=O)N[C@@H](CC(=O)N/N=C\c1cc(C)n(-c2ccc(OC)cc2)c1C)c1ccccc1. The van der Waals surface area contributed by atoms with Gasteiger partial charge in [-0.2, -0.15) is 5.10 Å². The average molecular weight is 463 g/mol. The number of benzene rings is 2. The second kappa shape index (κ2) is 11.7. The van der Waals surface area contributed by atoms with E-state index in [1.165, 1.54) is 0 Å². The predicted octanol–water partition coefficient (Wildman–Crippen LogP) is 4.43. The van der Waals surface area contributed by atoms with Gasteiger partial charge in [0.2, 0.25) is 5.91 Å². The number of hydrogen-bond donors (Lipinski definition) is 2. The summed E-state index contributed by atoms with van der Waals surface area (Å²) in [6.45, 7) is 5.98. The van der Waals surface area contributed by atoms with Crippen molar-refractivity contribution in [2.45, 2.75) is 33.2 Å². The minimum Gasteiger partial charge on any atom is -0.497 e. The fourth-order valence-electron chi connectivity index (χ4n) is 3.70. The number of aromatic nitrogens is 1. The number of alkyl carbamates (subject to hydrolysis) is 1. The molecule has 34 heavy (non-hydrogen) atoms. The number of carbonyl (C=O) groups excluding carboxylic acids is 2. The smallest absolute Gasteiger partial charge is 0.407 e. The molecule has 0 saturated carbocycles. The Labute approximate surface area is 199 Å². The minimum absolute atomic E-state index is 0.0189. The lowest BCUT2D eigenvalue weighted by molar-refractivity contribution is -0.121. The first-order valence-corrected chi connectivity index (χ1v) is 11.1. The number of rotatable bonds is 9. The normalized spacial score (nSPS) is 11.8. The summed E-state index contributed by atoms with van der Waals surface area (Å²) in [7, 11) is 1.64. The van der Waals surface area contributed by atoms with Crippen molar-refractivity contribution in [3.05, 3.63) is 83.2 Å². The lowest BCUT2D eigenvalue weighted by Gasteiger charge is -2.18. The highest BCUT2D eigenvalue weighted by Gasteiger charge is 2.19. The van der Waals surface area contributed by atoms with Crippen LogP contribution in [0.15, 0.2) is 65.8 Å². The van der Waals surface area contributed by atoms with E-state index in [2.05, 4.69) is 20.4 Å². The van der Waals surface area contributed by atoms with Gasteiger partial charge in [-0.25, -0.2) is 10.2 Å². The summed E-state index contributed by atoms with van der Waals surface area (Å²) in [5.74, 6) is 0.466. The zero-order valence-corrected chi connectivity index (χ0v) is 19.9. The van der Waals surface area contributed by atoms with E-state index in [4.69, 9.17) is 9.47 Å². The highest BCUT2D eigenvalue weighted by atomic mass is 16.5. The molecule has 1 aromatic heterocycles. The van der Waals surface area contributed by atoms with Gasteiger partial charge < -0.3 is 19.4 Å². The zero-order chi connectivity index (χ0) is 24.5. The van der Waals surface area contributed by atoms with E-state index < -0.39 is 12.1 Å². The number of amides is 2. The summed E-state index contributed by atoms with van der Waals surface area (Å²) < 4.78 is 12.3. The van der Waals surface area contributed by atoms with E-state index in [-0.39, 0.29) is 18.9 Å². The molecule has 0 fully saturated rings. The molecule has 0 spiro atoms. The van der Waals surface area contributed by atoms with E-state index in [9.17, 15) is 9.59 Å². The summed E-state index contributed by atoms with van der Waals surface area (Å²) in [6.07, 6.45) is 1.07. The molecule has 0 radical (unpaired) electrons. The van der Waals surface area contributed by atoms with Crippen LogP contribution in [0.5, 0.6) is 5.75 Å². The molecule has 0 unspecified atom stereocenters. The molecule has 3 rings (SSSR count). The van der Waals surface area contributed by atoms with Crippen molar-refractivity contribution < 1.29 is 19.1 Å². The number of hydrazone groups is 1. The molecular weight excluding hydrogens is 432 g/mol. The standard InChI is InChI=1S/C26H30N4O4/c1-5-34-26(32)28-24(20-9-7-6-8-10-20)16-25(31)29-27-17-21-15-18(2)30(19(21)3)22-11-13-23(33-4)14-12-22/h6-15,17,24H,5,16H2,1-4H3,(H,28,32)(H,29,31)/b27-17-/t24-/m0/s1. The number of hydrogen-bond acceptors (Lipinski definition) is 5. The monoisotopic (exact) mass is 462 g/mol. The highest BCUT2D eigenvalue weighted by Crippen LogP contribution is 2.22. The Morgan fingerprint density at radius 2 is 1.79 bits per heavy atom. The fourth-order valence-corrected chi connectivity index (χ4v) is 3.70. The van der Waals surface area contributed by atoms with Gasteiger partial charge in [0.1, 0.15) is 5.75 Å². The van der Waals surface area contributed by atoms with Crippen molar-refractivity contribution in [2.75, 3.05) is 13.7 Å². The first kappa shape index (κ1) is 24.6. The maximum absolute atomic E-state index is 12.6. The summed E-state index contributed by atoms with van der Waals surface area (Å²) in [4.78, 5) is 24.5. The number of aryl methyl sites for hydroxylation is 1. The van der Waals surface area contributed by atoms with Crippen molar-refractivity contribution in [3.63, 3.8) is 0 Å². The van der Waals surface area contributed by atoms with E-state index >= 15 is 0 Å². The summed E-state index contributed by atoms with van der Waals surface area (Å²) >= 11 is 0. The Morgan fingerprint density at radius 1 is 1.09 bits per heavy atom. The zero-order valence-electron chi connectivity index (χ0n) is 19.9. The van der Waals surface area contributed by atoms with Crippen LogP contribution in [0.2, 0.25) is 0 Å². The van der Waals surface area contributed by atoms with Gasteiger partial charge in [-0.1, -0.05) is 30.3 Å². The summed E-state index contributed by atoms with van der Waals surface area (Å²) in [5.41, 5.74) is 7.29. The second-order valence-electron chi connectivity index (χ2n) is 7.69. The van der Waals surface area contributed by atoms with Crippen molar-refractivity contribution in [1.29, 1.82) is 0 Å². The molecule has 0 aliphatic heterocycles. The molecule has 8 heteroatoms. The van der Waals surface area contributed by atoms with Crippen molar-refractivity contribution in [1.82, 2.24) is 15.3 Å². The minimum atomic E-state index is -0.571. The third-order valence-electron chi connectivity index (χ3n) is 5.35. The molecule has 178 valence electrons. The van der Waals surface area contributed by atoms with Crippen LogP contribution in [0.3, 0.4) is 0 Å². The van der Waals surface area contributed by atoms with Gasteiger partial charge in [-0.3, -0.25) is 4.79 Å². The Bertz CT molecular complexity index is 1140. The quantitative estimate of drug-likeness (QED) is 0.363. The molecule has 0 bridgehead atoms. The molecule has 8 nitrogen and oxygen atoms in total. The number of nitrogens with zero attached hydrogens (tertiary/aromatic N) is 2. The fraction of sp³-hybridized carbons (Fsp3) is 0.269. The van der Waals surface area contributed by atoms with Crippen LogP contribution in [0.1, 0.15) is 41.9 Å². The third kappa shape index (κ3) is 6.25. The van der Waals surface area contributed by atoms with Gasteiger partial charge in [0.25, 0.3) is 0 Å². The largest absolute Gasteiger partial charge is 0.497 e. The molecule has 3 aromatic rings. The van der Waals surface area contributed by atoms with Crippen molar-refractivity contribution in [2.24, 2.45) is 5.10 Å². The lowest BCUT2D eigenvalue weighted by Crippen LogP contribution is -2.33. The molecule has 2 N–H and O–H groups in total. The van der Waals surface area contributed by atoms with Crippen LogP contribution >= 0.6 is 0 Å². The van der Waals surface area contributed by atoms with Crippen LogP contribution in [0.4, 0.5) is 4.79 Å². The van der Waals surface area contributed by atoms with Crippen LogP contribution < -0.4 is 15.5 Å². The number of ether oxygens (including phenoxy) is 2. The first-order valence-electron chi connectivity index (χ1n) is 11.1. The molecule has 0 aliphatic rings. The molecule has 1 atom stereocenters. The molecule has 1 heterocycles. The number of carbonyl (C=O) groups is 2. The molecule has 0 saturated heterocycles. The highest BCUT2D eigenvalue weighted by molar-refractivity contribution is 5.84. The molecule has 2 aromatic carbocycles. The van der Waals surface area contributed by atoms with Crippen molar-refractivity contribution in [3.8, 4) is 11.4 Å². The van der Waals surface area contributed by atoms with E-state index in [0.717, 1.165) is 34.0 Å². The number of methoxy groups -OCH3 is 1. The number of nitrogens with one attached hydrogen (secondary N) is 2. The Balaban J connectivity index is 1.68. The van der Waals surface area contributed by atoms with Gasteiger partial charge in [0.15, 0.2) is 0 Å². The van der Waals surface area contributed by atoms with Crippen LogP contribution in [-0.2, 0) is 9.53 Å². The summed E-state index contributed by atoms with van der Waals surface area (Å²) in [6, 6.07) is 18.5. The van der Waals surface area contributed by atoms with E-state index in [1.54, 1.807) is 20.2 Å². The maximum Gasteiger partial charge on any atom is 0.407 e. The van der Waals surface area contributed by atoms with Gasteiger partial charge in [0, 0.05) is 22.6 Å². The van der Waals surface area contributed by atoms with Gasteiger partial charge in [-0.15, -0.1) is 0 Å².